The van der Waals surface area contributed by atoms with Gasteiger partial charge in [-0.3, -0.25) is 4.72 Å². The molecule has 5 nitrogen and oxygen atoms in total. The van der Waals surface area contributed by atoms with Crippen LogP contribution in [-0.2, 0) is 10.0 Å². The Balaban J connectivity index is 2.46. The molecule has 0 amide bonds. The lowest BCUT2D eigenvalue weighted by Gasteiger charge is -2.10. The molecule has 8 heteroatoms. The van der Waals surface area contributed by atoms with Crippen LogP contribution >= 0.6 is 15.9 Å². The van der Waals surface area contributed by atoms with Gasteiger partial charge in [-0.2, -0.15) is 5.26 Å². The second-order valence-electron chi connectivity index (χ2n) is 4.09. The Kier molecular flexibility index (Phi) is 4.25. The molecule has 0 spiro atoms. The zero-order chi connectivity index (χ0) is 15.6. The summed E-state index contributed by atoms with van der Waals surface area (Å²) in [4.78, 5) is 3.62. The van der Waals surface area contributed by atoms with Gasteiger partial charge in [-0.1, -0.05) is 6.07 Å². The van der Waals surface area contributed by atoms with E-state index < -0.39 is 26.3 Å². The van der Waals surface area contributed by atoms with Crippen molar-refractivity contribution in [2.75, 3.05) is 4.72 Å². The molecule has 1 aromatic heterocycles. The first-order valence-electron chi connectivity index (χ1n) is 5.70. The molecule has 0 bridgehead atoms. The summed E-state index contributed by atoms with van der Waals surface area (Å²) in [7, 11) is -4.10. The predicted octanol–water partition coefficient (Wildman–Crippen LogP) is 2.96. The van der Waals surface area contributed by atoms with Crippen molar-refractivity contribution in [3.63, 3.8) is 0 Å². The van der Waals surface area contributed by atoms with Gasteiger partial charge in [0.15, 0.2) is 0 Å². The molecular formula is C13H9BrFN3O2S. The number of nitrogens with zero attached hydrogens (tertiary/aromatic N) is 2. The molecule has 0 aliphatic carbocycles. The smallest absolute Gasteiger partial charge is 0.263 e. The summed E-state index contributed by atoms with van der Waals surface area (Å²) in [5, 5.41) is 8.91. The van der Waals surface area contributed by atoms with Gasteiger partial charge < -0.3 is 0 Å². The second-order valence-corrected chi connectivity index (χ2v) is 6.60. The fraction of sp³-hybridized carbons (Fsp3) is 0.0769. The van der Waals surface area contributed by atoms with Crippen LogP contribution in [0.3, 0.4) is 0 Å². The largest absolute Gasteiger partial charge is 0.264 e. The molecule has 0 unspecified atom stereocenters. The fourth-order valence-corrected chi connectivity index (χ4v) is 3.02. The van der Waals surface area contributed by atoms with Crippen molar-refractivity contribution in [1.29, 1.82) is 5.26 Å². The Bertz CT molecular complexity index is 847. The SMILES string of the molecule is Cc1nc(NS(=O)(=O)c2cccc(F)c2C#N)ccc1Br. The molecule has 108 valence electrons. The van der Waals surface area contributed by atoms with Crippen LogP contribution in [0.5, 0.6) is 0 Å². The number of anilines is 1. The molecule has 2 rings (SSSR count). The Morgan fingerprint density at radius 3 is 2.67 bits per heavy atom. The second kappa shape index (κ2) is 5.79. The minimum Gasteiger partial charge on any atom is -0.263 e. The number of hydrogen-bond acceptors (Lipinski definition) is 4. The Hall–Kier alpha value is -1.98. The third kappa shape index (κ3) is 3.20. The van der Waals surface area contributed by atoms with Crippen LogP contribution in [0.4, 0.5) is 10.2 Å². The van der Waals surface area contributed by atoms with E-state index in [1.54, 1.807) is 19.1 Å². The van der Waals surface area contributed by atoms with E-state index in [1.165, 1.54) is 12.1 Å². The molecule has 2 aromatic rings. The summed E-state index contributed by atoms with van der Waals surface area (Å²) < 4.78 is 41.0. The molecule has 21 heavy (non-hydrogen) atoms. The van der Waals surface area contributed by atoms with Crippen molar-refractivity contribution in [2.24, 2.45) is 0 Å². The van der Waals surface area contributed by atoms with Gasteiger partial charge in [0.1, 0.15) is 28.2 Å². The van der Waals surface area contributed by atoms with E-state index in [2.05, 4.69) is 25.6 Å². The van der Waals surface area contributed by atoms with Crippen molar-refractivity contribution in [2.45, 2.75) is 11.8 Å². The molecule has 0 saturated carbocycles. The molecule has 0 aliphatic heterocycles. The van der Waals surface area contributed by atoms with E-state index in [9.17, 15) is 12.8 Å². The zero-order valence-corrected chi connectivity index (χ0v) is 13.2. The average molecular weight is 370 g/mol. The first kappa shape index (κ1) is 15.4. The first-order valence-corrected chi connectivity index (χ1v) is 7.97. The summed E-state index contributed by atoms with van der Waals surface area (Å²) in [6, 6.07) is 8.07. The quantitative estimate of drug-likeness (QED) is 0.901. The number of nitrogens with one attached hydrogen (secondary N) is 1. The number of nitriles is 1. The minimum atomic E-state index is -4.10. The summed E-state index contributed by atoms with van der Waals surface area (Å²) >= 11 is 3.25. The molecule has 0 fully saturated rings. The van der Waals surface area contributed by atoms with Gasteiger partial charge in [-0.15, -0.1) is 0 Å². The number of pyridine rings is 1. The van der Waals surface area contributed by atoms with E-state index in [1.807, 2.05) is 0 Å². The maximum Gasteiger partial charge on any atom is 0.264 e. The van der Waals surface area contributed by atoms with Crippen molar-refractivity contribution in [3.8, 4) is 6.07 Å². The van der Waals surface area contributed by atoms with E-state index in [4.69, 9.17) is 5.26 Å². The monoisotopic (exact) mass is 369 g/mol. The van der Waals surface area contributed by atoms with Crippen molar-refractivity contribution < 1.29 is 12.8 Å². The predicted molar refractivity (Wildman–Crippen MR) is 78.6 cm³/mol. The van der Waals surface area contributed by atoms with Crippen LogP contribution in [0.2, 0.25) is 0 Å². The van der Waals surface area contributed by atoms with E-state index in [-0.39, 0.29) is 5.82 Å². The Morgan fingerprint density at radius 2 is 2.05 bits per heavy atom. The number of sulfonamides is 1. The van der Waals surface area contributed by atoms with Crippen LogP contribution in [-0.4, -0.2) is 13.4 Å². The van der Waals surface area contributed by atoms with Crippen LogP contribution in [0.1, 0.15) is 11.3 Å². The normalized spacial score (nSPS) is 11.0. The lowest BCUT2D eigenvalue weighted by molar-refractivity contribution is 0.593. The van der Waals surface area contributed by atoms with Crippen LogP contribution in [0.25, 0.3) is 0 Å². The highest BCUT2D eigenvalue weighted by molar-refractivity contribution is 9.10. The molecule has 1 heterocycles. The number of benzene rings is 1. The Morgan fingerprint density at radius 1 is 1.33 bits per heavy atom. The molecule has 1 N–H and O–H groups in total. The summed E-state index contributed by atoms with van der Waals surface area (Å²) in [5.41, 5.74) is 0.0637. The minimum absolute atomic E-state index is 0.0869. The lowest BCUT2D eigenvalue weighted by Crippen LogP contribution is -2.16. The summed E-state index contributed by atoms with van der Waals surface area (Å²) in [6.07, 6.45) is 0. The van der Waals surface area contributed by atoms with Gasteiger partial charge in [-0.25, -0.2) is 17.8 Å². The van der Waals surface area contributed by atoms with Gasteiger partial charge in [0.25, 0.3) is 10.0 Å². The maximum absolute atomic E-state index is 13.5. The van der Waals surface area contributed by atoms with Crippen LogP contribution in [0, 0.1) is 24.1 Å². The van der Waals surface area contributed by atoms with Gasteiger partial charge in [0.2, 0.25) is 0 Å². The number of rotatable bonds is 3. The average Bonchev–Trinajstić information content (AvgIpc) is 2.42. The number of halogens is 2. The van der Waals surface area contributed by atoms with Gasteiger partial charge in [-0.05, 0) is 47.1 Å². The van der Waals surface area contributed by atoms with Gasteiger partial charge in [0.05, 0.1) is 5.69 Å². The zero-order valence-electron chi connectivity index (χ0n) is 10.8. The Labute approximate surface area is 129 Å². The van der Waals surface area contributed by atoms with Crippen molar-refractivity contribution in [3.05, 3.63) is 51.9 Å². The molecular weight excluding hydrogens is 361 g/mol. The van der Waals surface area contributed by atoms with E-state index in [0.717, 1.165) is 16.6 Å². The van der Waals surface area contributed by atoms with E-state index >= 15 is 0 Å². The molecule has 0 radical (unpaired) electrons. The molecule has 0 atom stereocenters. The number of aryl methyl sites for hydroxylation is 1. The lowest BCUT2D eigenvalue weighted by atomic mass is 10.2. The summed E-state index contributed by atoms with van der Waals surface area (Å²) in [5.74, 6) is -0.802. The maximum atomic E-state index is 13.5. The van der Waals surface area contributed by atoms with Gasteiger partial charge >= 0.3 is 0 Å². The highest BCUT2D eigenvalue weighted by Crippen LogP contribution is 2.22. The molecule has 0 saturated heterocycles. The third-order valence-corrected chi connectivity index (χ3v) is 4.87. The van der Waals surface area contributed by atoms with E-state index in [0.29, 0.717) is 5.69 Å². The highest BCUT2D eigenvalue weighted by atomic mass is 79.9. The number of aromatic nitrogens is 1. The standard InChI is InChI=1S/C13H9BrFN3O2S/c1-8-10(14)5-6-13(17-8)18-21(19,20)12-4-2-3-11(15)9(12)7-16/h2-6H,1H3,(H,17,18). The highest BCUT2D eigenvalue weighted by Gasteiger charge is 2.21. The number of hydrogen-bond donors (Lipinski definition) is 1. The molecule has 1 aromatic carbocycles. The van der Waals surface area contributed by atoms with Crippen molar-refractivity contribution >= 4 is 31.8 Å². The fourth-order valence-electron chi connectivity index (χ4n) is 1.63. The van der Waals surface area contributed by atoms with Crippen LogP contribution < -0.4 is 4.72 Å². The first-order chi connectivity index (χ1) is 9.85. The van der Waals surface area contributed by atoms with Crippen molar-refractivity contribution in [1.82, 2.24) is 4.98 Å². The topological polar surface area (TPSA) is 82.8 Å². The third-order valence-electron chi connectivity index (χ3n) is 2.64. The summed E-state index contributed by atoms with van der Waals surface area (Å²) in [6.45, 7) is 1.70. The van der Waals surface area contributed by atoms with Crippen LogP contribution in [0.15, 0.2) is 39.7 Å². The van der Waals surface area contributed by atoms with Gasteiger partial charge in [0, 0.05) is 4.47 Å². The molecule has 0 aliphatic rings.